The average Bonchev–Trinajstić information content (AvgIpc) is 3.17. The van der Waals surface area contributed by atoms with Crippen LogP contribution < -0.4 is 0 Å². The van der Waals surface area contributed by atoms with Gasteiger partial charge in [0.15, 0.2) is 0 Å². The monoisotopic (exact) mass is 263 g/mol. The molecule has 0 spiro atoms. The number of carbonyl (C=O) groups is 2. The van der Waals surface area contributed by atoms with Gasteiger partial charge in [-0.1, -0.05) is 0 Å². The van der Waals surface area contributed by atoms with Crippen LogP contribution in [0.2, 0.25) is 0 Å². The zero-order valence-corrected chi connectivity index (χ0v) is 10.9. The van der Waals surface area contributed by atoms with Crippen LogP contribution in [0.1, 0.15) is 35.6 Å². The molecule has 6 heteroatoms. The fourth-order valence-electron chi connectivity index (χ4n) is 1.86. The predicted octanol–water partition coefficient (Wildman–Crippen LogP) is 1.11. The van der Waals surface area contributed by atoms with Gasteiger partial charge < -0.3 is 10.0 Å². The molecular weight excluding hydrogens is 246 g/mol. The highest BCUT2D eigenvalue weighted by Crippen LogP contribution is 2.30. The summed E-state index contributed by atoms with van der Waals surface area (Å²) in [5, 5.41) is 8.74. The fraction of sp³-hybridized carbons (Fsp3) is 0.538. The molecule has 1 saturated carbocycles. The maximum Gasteiger partial charge on any atom is 0.305 e. The topological polar surface area (TPSA) is 83.4 Å². The van der Waals surface area contributed by atoms with Gasteiger partial charge in [-0.3, -0.25) is 9.59 Å². The molecule has 1 amide bonds. The van der Waals surface area contributed by atoms with E-state index in [9.17, 15) is 9.59 Å². The third-order valence-electron chi connectivity index (χ3n) is 3.05. The van der Waals surface area contributed by atoms with Gasteiger partial charge >= 0.3 is 5.97 Å². The van der Waals surface area contributed by atoms with Crippen molar-refractivity contribution >= 4 is 11.9 Å². The van der Waals surface area contributed by atoms with E-state index in [1.54, 1.807) is 24.1 Å². The number of aliphatic carboxylic acids is 1. The first-order chi connectivity index (χ1) is 9.06. The zero-order valence-electron chi connectivity index (χ0n) is 10.9. The van der Waals surface area contributed by atoms with Crippen molar-refractivity contribution in [3.8, 4) is 0 Å². The van der Waals surface area contributed by atoms with E-state index >= 15 is 0 Å². The second-order valence-corrected chi connectivity index (χ2v) is 4.83. The van der Waals surface area contributed by atoms with Crippen LogP contribution in [0.25, 0.3) is 0 Å². The molecule has 1 aliphatic rings. The van der Waals surface area contributed by atoms with E-state index < -0.39 is 5.97 Å². The summed E-state index contributed by atoms with van der Waals surface area (Å²) < 4.78 is 0. The van der Waals surface area contributed by atoms with Crippen molar-refractivity contribution in [2.24, 2.45) is 5.92 Å². The smallest absolute Gasteiger partial charge is 0.305 e. The molecule has 1 N–H and O–H groups in total. The van der Waals surface area contributed by atoms with E-state index in [2.05, 4.69) is 9.97 Å². The molecule has 2 rings (SSSR count). The maximum absolute atomic E-state index is 12.3. The fourth-order valence-corrected chi connectivity index (χ4v) is 1.86. The summed E-state index contributed by atoms with van der Waals surface area (Å²) in [5.41, 5.74) is 0.332. The summed E-state index contributed by atoms with van der Waals surface area (Å²) in [5.74, 6) is -0.0535. The highest BCUT2D eigenvalue weighted by Gasteiger charge is 2.28. The van der Waals surface area contributed by atoms with Crippen molar-refractivity contribution in [3.63, 3.8) is 0 Å². The Hall–Kier alpha value is -1.98. The van der Waals surface area contributed by atoms with Gasteiger partial charge in [0.25, 0.3) is 5.91 Å². The lowest BCUT2D eigenvalue weighted by atomic mass is 10.2. The number of nitrogens with zero attached hydrogens (tertiary/aromatic N) is 3. The highest BCUT2D eigenvalue weighted by molar-refractivity contribution is 5.92. The Morgan fingerprint density at radius 1 is 1.47 bits per heavy atom. The Morgan fingerprint density at radius 2 is 2.21 bits per heavy atom. The number of aryl methyl sites for hydroxylation is 1. The van der Waals surface area contributed by atoms with Crippen molar-refractivity contribution in [1.29, 1.82) is 0 Å². The Morgan fingerprint density at radius 3 is 2.79 bits per heavy atom. The quantitative estimate of drug-likeness (QED) is 0.831. The largest absolute Gasteiger partial charge is 0.481 e. The molecule has 0 atom stereocenters. The molecule has 0 unspecified atom stereocenters. The number of rotatable bonds is 6. The van der Waals surface area contributed by atoms with Gasteiger partial charge in [-0.05, 0) is 31.7 Å². The first kappa shape index (κ1) is 13.5. The number of hydrogen-bond donors (Lipinski definition) is 1. The van der Waals surface area contributed by atoms with Gasteiger partial charge in [0.2, 0.25) is 0 Å². The molecule has 0 saturated heterocycles. The van der Waals surface area contributed by atoms with Crippen LogP contribution >= 0.6 is 0 Å². The minimum absolute atomic E-state index is 0.0392. The summed E-state index contributed by atoms with van der Waals surface area (Å²) in [6.45, 7) is 2.57. The molecule has 19 heavy (non-hydrogen) atoms. The van der Waals surface area contributed by atoms with Crippen molar-refractivity contribution < 1.29 is 14.7 Å². The van der Waals surface area contributed by atoms with Crippen LogP contribution in [-0.4, -0.2) is 44.9 Å². The van der Waals surface area contributed by atoms with E-state index in [0.29, 0.717) is 24.0 Å². The Balaban J connectivity index is 2.07. The third kappa shape index (κ3) is 4.01. The number of hydrogen-bond acceptors (Lipinski definition) is 4. The molecule has 0 radical (unpaired) electrons. The summed E-state index contributed by atoms with van der Waals surface area (Å²) in [6.07, 6.45) is 3.73. The van der Waals surface area contributed by atoms with Gasteiger partial charge in [-0.25, -0.2) is 9.97 Å². The summed E-state index contributed by atoms with van der Waals surface area (Å²) >= 11 is 0. The molecule has 1 aromatic heterocycles. The number of carboxylic acids is 1. The van der Waals surface area contributed by atoms with Gasteiger partial charge in [0.05, 0.1) is 6.42 Å². The summed E-state index contributed by atoms with van der Waals surface area (Å²) in [6, 6.07) is 1.57. The number of carboxylic acid groups (broad SMARTS) is 1. The molecule has 102 valence electrons. The van der Waals surface area contributed by atoms with Crippen LogP contribution in [0.4, 0.5) is 0 Å². The Kier molecular flexibility index (Phi) is 4.09. The van der Waals surface area contributed by atoms with Crippen LogP contribution in [0.15, 0.2) is 12.3 Å². The molecule has 1 fully saturated rings. The predicted molar refractivity (Wildman–Crippen MR) is 67.6 cm³/mol. The minimum atomic E-state index is -0.896. The van der Waals surface area contributed by atoms with Gasteiger partial charge in [0.1, 0.15) is 11.5 Å². The van der Waals surface area contributed by atoms with E-state index in [1.165, 1.54) is 0 Å². The van der Waals surface area contributed by atoms with Crippen LogP contribution in [-0.2, 0) is 4.79 Å². The van der Waals surface area contributed by atoms with Crippen LogP contribution in [0, 0.1) is 12.8 Å². The normalized spacial score (nSPS) is 14.2. The lowest BCUT2D eigenvalue weighted by molar-refractivity contribution is -0.137. The second kappa shape index (κ2) is 5.77. The first-order valence-corrected chi connectivity index (χ1v) is 6.37. The van der Waals surface area contributed by atoms with Crippen molar-refractivity contribution in [3.05, 3.63) is 23.8 Å². The molecule has 0 aliphatic heterocycles. The molecule has 1 heterocycles. The molecule has 0 aromatic carbocycles. The van der Waals surface area contributed by atoms with Crippen LogP contribution in [0.5, 0.6) is 0 Å². The summed E-state index contributed by atoms with van der Waals surface area (Å²) in [4.78, 5) is 32.6. The van der Waals surface area contributed by atoms with Gasteiger partial charge in [-0.2, -0.15) is 0 Å². The van der Waals surface area contributed by atoms with Gasteiger partial charge in [-0.15, -0.1) is 0 Å². The number of carbonyl (C=O) groups excluding carboxylic acids is 1. The molecule has 0 bridgehead atoms. The van der Waals surface area contributed by atoms with Crippen molar-refractivity contribution in [2.45, 2.75) is 26.2 Å². The van der Waals surface area contributed by atoms with Crippen LogP contribution in [0.3, 0.4) is 0 Å². The van der Waals surface area contributed by atoms with Crippen molar-refractivity contribution in [1.82, 2.24) is 14.9 Å². The third-order valence-corrected chi connectivity index (χ3v) is 3.05. The zero-order chi connectivity index (χ0) is 13.8. The Labute approximate surface area is 111 Å². The molecular formula is C13H17N3O3. The van der Waals surface area contributed by atoms with Crippen molar-refractivity contribution in [2.75, 3.05) is 13.1 Å². The van der Waals surface area contributed by atoms with E-state index in [-0.39, 0.29) is 18.9 Å². The first-order valence-electron chi connectivity index (χ1n) is 6.37. The minimum Gasteiger partial charge on any atom is -0.481 e. The molecule has 1 aliphatic carbocycles. The van der Waals surface area contributed by atoms with E-state index in [4.69, 9.17) is 5.11 Å². The van der Waals surface area contributed by atoms with Gasteiger partial charge in [0, 0.05) is 19.3 Å². The standard InChI is InChI=1S/C13H17N3O3/c1-9-14-6-4-11(15-9)13(19)16(7-5-12(17)18)8-10-2-3-10/h4,6,10H,2-3,5,7-8H2,1H3,(H,17,18). The maximum atomic E-state index is 12.3. The van der Waals surface area contributed by atoms with E-state index in [1.807, 2.05) is 0 Å². The molecule has 6 nitrogen and oxygen atoms in total. The average molecular weight is 263 g/mol. The lowest BCUT2D eigenvalue weighted by Crippen LogP contribution is -2.35. The second-order valence-electron chi connectivity index (χ2n) is 4.83. The van der Waals surface area contributed by atoms with E-state index in [0.717, 1.165) is 12.8 Å². The highest BCUT2D eigenvalue weighted by atomic mass is 16.4. The number of aromatic nitrogens is 2. The molecule has 1 aromatic rings. The Bertz CT molecular complexity index is 486. The summed E-state index contributed by atoms with van der Waals surface area (Å²) in [7, 11) is 0. The lowest BCUT2D eigenvalue weighted by Gasteiger charge is -2.21. The SMILES string of the molecule is Cc1nccc(C(=O)N(CCC(=O)O)CC2CC2)n1. The number of amides is 1.